The lowest BCUT2D eigenvalue weighted by Gasteiger charge is -2.40. The van der Waals surface area contributed by atoms with Crippen LogP contribution >= 0.6 is 0 Å². The molecular weight excluding hydrogens is 402 g/mol. The van der Waals surface area contributed by atoms with Gasteiger partial charge in [0.05, 0.1) is 24.9 Å². The molecule has 2 atom stereocenters. The summed E-state index contributed by atoms with van der Waals surface area (Å²) in [5, 5.41) is 14.9. The molecule has 0 aromatic carbocycles. The first kappa shape index (κ1) is 23.0. The van der Waals surface area contributed by atoms with Crippen LogP contribution in [-0.2, 0) is 26.6 Å². The van der Waals surface area contributed by atoms with Crippen molar-refractivity contribution < 1.29 is 27.6 Å². The fourth-order valence-electron chi connectivity index (χ4n) is 3.43. The minimum absolute atomic E-state index is 0.136. The SMILES string of the molecule is Cc1noc(C)c1S(=O)(=O)N1CCO[C@@H](CN(C)C)[C@@H]1c1cnn(C)c1.O=CO. The maximum Gasteiger partial charge on any atom is 0.290 e. The molecule has 0 saturated carbocycles. The summed E-state index contributed by atoms with van der Waals surface area (Å²) >= 11 is 0. The Labute approximate surface area is 169 Å². The van der Waals surface area contributed by atoms with E-state index in [-0.39, 0.29) is 24.0 Å². The molecule has 1 aliphatic heterocycles. The van der Waals surface area contributed by atoms with Crippen LogP contribution in [0, 0.1) is 13.8 Å². The lowest BCUT2D eigenvalue weighted by Crippen LogP contribution is -2.51. The van der Waals surface area contributed by atoms with E-state index < -0.39 is 16.1 Å². The summed E-state index contributed by atoms with van der Waals surface area (Å²) in [5.41, 5.74) is 1.16. The molecule has 29 heavy (non-hydrogen) atoms. The van der Waals surface area contributed by atoms with Crippen molar-refractivity contribution in [1.29, 1.82) is 0 Å². The molecule has 162 valence electrons. The quantitative estimate of drug-likeness (QED) is 0.672. The van der Waals surface area contributed by atoms with Crippen molar-refractivity contribution in [3.63, 3.8) is 0 Å². The third kappa shape index (κ3) is 5.01. The van der Waals surface area contributed by atoms with Gasteiger partial charge in [-0.15, -0.1) is 0 Å². The van der Waals surface area contributed by atoms with E-state index in [4.69, 9.17) is 19.2 Å². The summed E-state index contributed by atoms with van der Waals surface area (Å²) < 4.78 is 41.1. The normalized spacial score (nSPS) is 20.3. The van der Waals surface area contributed by atoms with E-state index in [1.165, 1.54) is 4.31 Å². The number of hydrogen-bond acceptors (Lipinski definition) is 8. The first-order chi connectivity index (χ1) is 13.6. The van der Waals surface area contributed by atoms with Crippen molar-refractivity contribution in [2.45, 2.75) is 30.9 Å². The van der Waals surface area contributed by atoms with Crippen molar-refractivity contribution in [2.75, 3.05) is 33.8 Å². The van der Waals surface area contributed by atoms with Gasteiger partial charge in [0, 0.05) is 31.9 Å². The maximum atomic E-state index is 13.4. The van der Waals surface area contributed by atoms with E-state index in [0.717, 1.165) is 5.56 Å². The standard InChI is InChI=1S/C16H25N5O4S.CH2O2/c1-11-16(12(2)25-18-11)26(22,23)21-6-7-24-14(10-19(3)4)15(21)13-8-17-20(5)9-13;2-1-3/h8-9,14-15H,6-7,10H2,1-5H3;1H,(H,2,3)/t14-,15-;/m0./s1. The molecule has 1 saturated heterocycles. The van der Waals surface area contributed by atoms with E-state index >= 15 is 0 Å². The summed E-state index contributed by atoms with van der Waals surface area (Å²) in [6, 6.07) is -0.474. The first-order valence-corrected chi connectivity index (χ1v) is 10.3. The Morgan fingerprint density at radius 3 is 2.52 bits per heavy atom. The Balaban J connectivity index is 0.000000941. The average Bonchev–Trinajstić information content (AvgIpc) is 3.20. The number of nitrogens with zero attached hydrogens (tertiary/aromatic N) is 5. The lowest BCUT2D eigenvalue weighted by molar-refractivity contribution is -0.122. The van der Waals surface area contributed by atoms with Crippen molar-refractivity contribution in [2.24, 2.45) is 7.05 Å². The van der Waals surface area contributed by atoms with Crippen molar-refractivity contribution in [3.05, 3.63) is 29.4 Å². The van der Waals surface area contributed by atoms with Crippen LogP contribution in [0.2, 0.25) is 0 Å². The predicted octanol–water partition coefficient (Wildman–Crippen LogP) is 0.418. The number of aromatic nitrogens is 3. The lowest BCUT2D eigenvalue weighted by atomic mass is 10.0. The number of morpholine rings is 1. The smallest absolute Gasteiger partial charge is 0.290 e. The molecule has 11 nitrogen and oxygen atoms in total. The third-order valence-corrected chi connectivity index (χ3v) is 6.58. The topological polar surface area (TPSA) is 131 Å². The minimum Gasteiger partial charge on any atom is -0.483 e. The Kier molecular flexibility index (Phi) is 7.52. The third-order valence-electron chi connectivity index (χ3n) is 4.45. The molecule has 2 aromatic heterocycles. The van der Waals surface area contributed by atoms with Gasteiger partial charge in [0.2, 0.25) is 10.0 Å². The highest BCUT2D eigenvalue weighted by Crippen LogP contribution is 2.36. The Morgan fingerprint density at radius 1 is 1.38 bits per heavy atom. The van der Waals surface area contributed by atoms with Gasteiger partial charge in [0.25, 0.3) is 6.47 Å². The molecule has 0 bridgehead atoms. The highest BCUT2D eigenvalue weighted by Gasteiger charge is 2.43. The number of sulfonamides is 1. The van der Waals surface area contributed by atoms with Gasteiger partial charge in [-0.25, -0.2) is 8.42 Å². The fraction of sp³-hybridized carbons (Fsp3) is 0.588. The zero-order valence-corrected chi connectivity index (χ0v) is 18.0. The summed E-state index contributed by atoms with van der Waals surface area (Å²) in [6.07, 6.45) is 3.22. The molecule has 1 fully saturated rings. The van der Waals surface area contributed by atoms with Crippen LogP contribution in [0.25, 0.3) is 0 Å². The highest BCUT2D eigenvalue weighted by molar-refractivity contribution is 7.89. The Morgan fingerprint density at radius 2 is 2.03 bits per heavy atom. The van der Waals surface area contributed by atoms with Gasteiger partial charge in [0.15, 0.2) is 5.76 Å². The van der Waals surface area contributed by atoms with E-state index in [9.17, 15) is 8.42 Å². The van der Waals surface area contributed by atoms with Gasteiger partial charge in [-0.3, -0.25) is 9.48 Å². The average molecular weight is 429 g/mol. The fourth-order valence-corrected chi connectivity index (χ4v) is 5.34. The van der Waals surface area contributed by atoms with E-state index in [1.807, 2.05) is 25.2 Å². The van der Waals surface area contributed by atoms with Gasteiger partial charge in [-0.2, -0.15) is 9.40 Å². The molecule has 12 heteroatoms. The number of rotatable bonds is 5. The summed E-state index contributed by atoms with van der Waals surface area (Å²) in [5.74, 6) is 0.295. The molecule has 3 rings (SSSR count). The molecule has 1 N–H and O–H groups in total. The molecular formula is C17H27N5O6S. The van der Waals surface area contributed by atoms with Gasteiger partial charge < -0.3 is 19.3 Å². The molecule has 0 aliphatic carbocycles. The number of aryl methyl sites for hydroxylation is 3. The highest BCUT2D eigenvalue weighted by atomic mass is 32.2. The molecule has 0 amide bonds. The number of carboxylic acid groups (broad SMARTS) is 1. The van der Waals surface area contributed by atoms with Crippen LogP contribution in [-0.4, -0.2) is 84.0 Å². The van der Waals surface area contributed by atoms with Gasteiger partial charge >= 0.3 is 0 Å². The van der Waals surface area contributed by atoms with Crippen LogP contribution in [0.4, 0.5) is 0 Å². The Hall–Kier alpha value is -2.28. The summed E-state index contributed by atoms with van der Waals surface area (Å²) in [4.78, 5) is 10.5. The Bertz CT molecular complexity index is 903. The second kappa shape index (κ2) is 9.48. The van der Waals surface area contributed by atoms with Crippen molar-refractivity contribution >= 4 is 16.5 Å². The van der Waals surface area contributed by atoms with Crippen LogP contribution in [0.1, 0.15) is 23.1 Å². The van der Waals surface area contributed by atoms with Gasteiger partial charge in [0.1, 0.15) is 10.6 Å². The second-order valence-electron chi connectivity index (χ2n) is 6.94. The van der Waals surface area contributed by atoms with Gasteiger partial charge in [-0.05, 0) is 27.9 Å². The molecule has 1 aliphatic rings. The van der Waals surface area contributed by atoms with Crippen LogP contribution < -0.4 is 0 Å². The molecule has 2 aromatic rings. The molecule has 0 spiro atoms. The largest absolute Gasteiger partial charge is 0.483 e. The minimum atomic E-state index is -3.80. The number of hydrogen-bond donors (Lipinski definition) is 1. The predicted molar refractivity (Wildman–Crippen MR) is 103 cm³/mol. The maximum absolute atomic E-state index is 13.4. The molecule has 0 radical (unpaired) electrons. The van der Waals surface area contributed by atoms with E-state index in [1.54, 1.807) is 31.8 Å². The molecule has 0 unspecified atom stereocenters. The van der Waals surface area contributed by atoms with Crippen LogP contribution in [0.15, 0.2) is 21.8 Å². The van der Waals surface area contributed by atoms with E-state index in [2.05, 4.69) is 10.3 Å². The number of likely N-dealkylation sites (N-methyl/N-ethyl adjacent to an activating group) is 1. The summed E-state index contributed by atoms with van der Waals surface area (Å²) in [7, 11) is 1.88. The first-order valence-electron chi connectivity index (χ1n) is 8.90. The second-order valence-corrected chi connectivity index (χ2v) is 8.77. The zero-order chi connectivity index (χ0) is 21.8. The van der Waals surface area contributed by atoms with Crippen molar-refractivity contribution in [1.82, 2.24) is 24.1 Å². The summed E-state index contributed by atoms with van der Waals surface area (Å²) in [6.45, 7) is 4.19. The van der Waals surface area contributed by atoms with Gasteiger partial charge in [-0.1, -0.05) is 5.16 Å². The number of carbonyl (C=O) groups is 1. The zero-order valence-electron chi connectivity index (χ0n) is 17.1. The van der Waals surface area contributed by atoms with Crippen LogP contribution in [0.3, 0.4) is 0 Å². The van der Waals surface area contributed by atoms with Crippen molar-refractivity contribution in [3.8, 4) is 0 Å². The number of ether oxygens (including phenoxy) is 1. The molecule has 3 heterocycles. The van der Waals surface area contributed by atoms with E-state index in [0.29, 0.717) is 24.6 Å². The monoisotopic (exact) mass is 429 g/mol. The van der Waals surface area contributed by atoms with Crippen LogP contribution in [0.5, 0.6) is 0 Å².